The Balaban J connectivity index is 1.72. The Morgan fingerprint density at radius 1 is 1.10 bits per heavy atom. The van der Waals surface area contributed by atoms with E-state index in [-0.39, 0.29) is 0 Å². The fourth-order valence-electron chi connectivity index (χ4n) is 2.13. The van der Waals surface area contributed by atoms with E-state index in [0.717, 1.165) is 38.6 Å². The fourth-order valence-corrected chi connectivity index (χ4v) is 3.12. The summed E-state index contributed by atoms with van der Waals surface area (Å²) < 4.78 is 8.05. The molecule has 0 radical (unpaired) electrons. The lowest BCUT2D eigenvalue weighted by atomic mass is 10.2. The normalized spacial score (nSPS) is 14.2. The molecule has 0 saturated heterocycles. The van der Waals surface area contributed by atoms with E-state index >= 15 is 0 Å². The molecule has 4 heteroatoms. The van der Waals surface area contributed by atoms with Gasteiger partial charge in [-0.3, -0.25) is 0 Å². The smallest absolute Gasteiger partial charge is 0.141 e. The largest absolute Gasteiger partial charge is 0.456 e. The molecule has 1 aliphatic rings. The van der Waals surface area contributed by atoms with Gasteiger partial charge in [-0.05, 0) is 77.2 Å². The fraction of sp³-hybridized carbons (Fsp3) is 0.294. The van der Waals surface area contributed by atoms with Crippen LogP contribution in [0.4, 0.5) is 0 Å². The van der Waals surface area contributed by atoms with Crippen LogP contribution in [0.2, 0.25) is 0 Å². The van der Waals surface area contributed by atoms with Crippen molar-refractivity contribution in [2.75, 3.05) is 0 Å². The maximum atomic E-state index is 6.00. The molecule has 2 aromatic carbocycles. The summed E-state index contributed by atoms with van der Waals surface area (Å²) in [7, 11) is 0. The molecule has 0 amide bonds. The molecule has 1 aliphatic carbocycles. The molecule has 2 nitrogen and oxygen atoms in total. The molecule has 0 heterocycles. The van der Waals surface area contributed by atoms with Gasteiger partial charge in [-0.25, -0.2) is 0 Å². The molecular formula is C17H17Br2NO. The van der Waals surface area contributed by atoms with Gasteiger partial charge in [-0.15, -0.1) is 0 Å². The average Bonchev–Trinajstić information content (AvgIpc) is 3.26. The van der Waals surface area contributed by atoms with Crippen LogP contribution in [0.3, 0.4) is 0 Å². The van der Waals surface area contributed by atoms with Crippen molar-refractivity contribution in [3.8, 4) is 11.5 Å². The molecule has 0 spiro atoms. The molecule has 0 atom stereocenters. The number of halogens is 2. The first-order valence-electron chi connectivity index (χ1n) is 7.07. The standard InChI is InChI=1S/C17H17Br2NO/c1-11-8-13(18)3-7-16(11)21-17-6-2-12(9-15(17)19)10-20-14-4-5-14/h2-3,6-9,14,20H,4-5,10H2,1H3. The van der Waals surface area contributed by atoms with E-state index in [4.69, 9.17) is 4.74 Å². The average molecular weight is 411 g/mol. The van der Waals surface area contributed by atoms with Gasteiger partial charge in [0.2, 0.25) is 0 Å². The minimum atomic E-state index is 0.727. The zero-order valence-corrected chi connectivity index (χ0v) is 15.0. The summed E-state index contributed by atoms with van der Waals surface area (Å²) in [6.07, 6.45) is 2.62. The minimum Gasteiger partial charge on any atom is -0.456 e. The van der Waals surface area contributed by atoms with E-state index < -0.39 is 0 Å². The summed E-state index contributed by atoms with van der Waals surface area (Å²) in [5.74, 6) is 1.72. The van der Waals surface area contributed by atoms with Crippen molar-refractivity contribution in [3.63, 3.8) is 0 Å². The molecule has 0 unspecified atom stereocenters. The van der Waals surface area contributed by atoms with Crippen LogP contribution in [-0.2, 0) is 6.54 Å². The first-order valence-corrected chi connectivity index (χ1v) is 8.66. The second-order valence-corrected chi connectivity index (χ2v) is 7.20. The SMILES string of the molecule is Cc1cc(Br)ccc1Oc1ccc(CNC2CC2)cc1Br. The third kappa shape index (κ3) is 4.09. The van der Waals surface area contributed by atoms with Crippen LogP contribution in [0, 0.1) is 6.92 Å². The van der Waals surface area contributed by atoms with Gasteiger partial charge in [0.25, 0.3) is 0 Å². The quantitative estimate of drug-likeness (QED) is 0.696. The minimum absolute atomic E-state index is 0.727. The van der Waals surface area contributed by atoms with Crippen LogP contribution in [0.15, 0.2) is 45.3 Å². The molecule has 0 aliphatic heterocycles. The van der Waals surface area contributed by atoms with E-state index in [1.54, 1.807) is 0 Å². The Bertz CT molecular complexity index is 653. The number of aryl methyl sites for hydroxylation is 1. The van der Waals surface area contributed by atoms with Crippen molar-refractivity contribution in [2.45, 2.75) is 32.4 Å². The van der Waals surface area contributed by atoms with Gasteiger partial charge < -0.3 is 10.1 Å². The third-order valence-corrected chi connectivity index (χ3v) is 4.64. The lowest BCUT2D eigenvalue weighted by Gasteiger charge is -2.12. The van der Waals surface area contributed by atoms with Crippen molar-refractivity contribution >= 4 is 31.9 Å². The van der Waals surface area contributed by atoms with Crippen molar-refractivity contribution in [1.82, 2.24) is 5.32 Å². The molecule has 0 bridgehead atoms. The maximum absolute atomic E-state index is 6.00. The summed E-state index contributed by atoms with van der Waals surface area (Å²) in [6, 6.07) is 13.0. The zero-order valence-electron chi connectivity index (χ0n) is 11.8. The summed E-state index contributed by atoms with van der Waals surface area (Å²) >= 11 is 7.07. The van der Waals surface area contributed by atoms with Gasteiger partial charge in [0.1, 0.15) is 11.5 Å². The molecule has 3 rings (SSSR count). The number of rotatable bonds is 5. The molecule has 2 aromatic rings. The molecule has 1 fully saturated rings. The Kier molecular flexibility index (Phi) is 4.67. The van der Waals surface area contributed by atoms with Crippen molar-refractivity contribution in [3.05, 3.63) is 56.5 Å². The van der Waals surface area contributed by atoms with Crippen LogP contribution in [0.25, 0.3) is 0 Å². The number of benzene rings is 2. The Morgan fingerprint density at radius 3 is 2.52 bits per heavy atom. The van der Waals surface area contributed by atoms with Gasteiger partial charge in [0, 0.05) is 17.1 Å². The van der Waals surface area contributed by atoms with Crippen molar-refractivity contribution in [2.24, 2.45) is 0 Å². The van der Waals surface area contributed by atoms with Crippen molar-refractivity contribution in [1.29, 1.82) is 0 Å². The molecule has 0 aromatic heterocycles. The highest BCUT2D eigenvalue weighted by atomic mass is 79.9. The Hall–Kier alpha value is -0.840. The maximum Gasteiger partial charge on any atom is 0.141 e. The van der Waals surface area contributed by atoms with Gasteiger partial charge in [-0.2, -0.15) is 0 Å². The van der Waals surface area contributed by atoms with Crippen LogP contribution in [-0.4, -0.2) is 6.04 Å². The topological polar surface area (TPSA) is 21.3 Å². The molecule has 1 N–H and O–H groups in total. The highest BCUT2D eigenvalue weighted by Gasteiger charge is 2.20. The van der Waals surface area contributed by atoms with Crippen LogP contribution in [0.1, 0.15) is 24.0 Å². The second-order valence-electron chi connectivity index (χ2n) is 5.43. The predicted molar refractivity (Wildman–Crippen MR) is 93.0 cm³/mol. The predicted octanol–water partition coefficient (Wildman–Crippen LogP) is 5.56. The van der Waals surface area contributed by atoms with E-state index in [0.29, 0.717) is 0 Å². The van der Waals surface area contributed by atoms with E-state index in [2.05, 4.69) is 55.4 Å². The highest BCUT2D eigenvalue weighted by molar-refractivity contribution is 9.10. The van der Waals surface area contributed by atoms with Gasteiger partial charge in [0.15, 0.2) is 0 Å². The molecule has 1 saturated carbocycles. The monoisotopic (exact) mass is 409 g/mol. The number of nitrogens with one attached hydrogen (secondary N) is 1. The first-order chi connectivity index (χ1) is 10.1. The van der Waals surface area contributed by atoms with Crippen molar-refractivity contribution < 1.29 is 4.74 Å². The van der Waals surface area contributed by atoms with Crippen LogP contribution in [0.5, 0.6) is 11.5 Å². The van der Waals surface area contributed by atoms with Gasteiger partial charge in [0.05, 0.1) is 4.47 Å². The Morgan fingerprint density at radius 2 is 1.86 bits per heavy atom. The number of ether oxygens (including phenoxy) is 1. The lowest BCUT2D eigenvalue weighted by Crippen LogP contribution is -2.15. The third-order valence-electron chi connectivity index (χ3n) is 3.53. The van der Waals surface area contributed by atoms with Crippen LogP contribution >= 0.6 is 31.9 Å². The number of hydrogen-bond donors (Lipinski definition) is 1. The van der Waals surface area contributed by atoms with Crippen LogP contribution < -0.4 is 10.1 Å². The first kappa shape index (κ1) is 15.1. The summed E-state index contributed by atoms with van der Waals surface area (Å²) in [5, 5.41) is 3.52. The molecule has 110 valence electrons. The van der Waals surface area contributed by atoms with Gasteiger partial charge >= 0.3 is 0 Å². The molecular weight excluding hydrogens is 394 g/mol. The zero-order chi connectivity index (χ0) is 14.8. The van der Waals surface area contributed by atoms with E-state index in [9.17, 15) is 0 Å². The van der Waals surface area contributed by atoms with Gasteiger partial charge in [-0.1, -0.05) is 22.0 Å². The molecule has 21 heavy (non-hydrogen) atoms. The second kappa shape index (κ2) is 6.51. The van der Waals surface area contributed by atoms with E-state index in [1.165, 1.54) is 18.4 Å². The van der Waals surface area contributed by atoms with E-state index in [1.807, 2.05) is 25.1 Å². The highest BCUT2D eigenvalue weighted by Crippen LogP contribution is 2.33. The summed E-state index contributed by atoms with van der Waals surface area (Å²) in [5.41, 5.74) is 2.38. The summed E-state index contributed by atoms with van der Waals surface area (Å²) in [6.45, 7) is 2.96. The summed E-state index contributed by atoms with van der Waals surface area (Å²) in [4.78, 5) is 0. The lowest BCUT2D eigenvalue weighted by molar-refractivity contribution is 0.475. The Labute approximate surface area is 142 Å². The number of hydrogen-bond acceptors (Lipinski definition) is 2.